The summed E-state index contributed by atoms with van der Waals surface area (Å²) in [7, 11) is 1.60. The number of thioether (sulfide) groups is 1. The zero-order valence-corrected chi connectivity index (χ0v) is 22.7. The first-order valence-corrected chi connectivity index (χ1v) is 13.9. The number of piperidine rings is 1. The van der Waals surface area contributed by atoms with Crippen molar-refractivity contribution in [3.63, 3.8) is 0 Å². The fourth-order valence-corrected chi connectivity index (χ4v) is 5.07. The topological polar surface area (TPSA) is 53.5 Å². The maximum atomic E-state index is 13.5. The van der Waals surface area contributed by atoms with Crippen LogP contribution in [0, 0.1) is 11.8 Å². The number of hydrogen-bond donors (Lipinski definition) is 3. The van der Waals surface area contributed by atoms with E-state index in [1.165, 1.54) is 4.57 Å². The summed E-state index contributed by atoms with van der Waals surface area (Å²) in [6.07, 6.45) is -0.358. The minimum atomic E-state index is -4.37. The smallest absolute Gasteiger partial charge is 0.406 e. The van der Waals surface area contributed by atoms with E-state index in [4.69, 9.17) is 4.74 Å². The van der Waals surface area contributed by atoms with Crippen LogP contribution in [0.4, 0.5) is 24.5 Å². The summed E-state index contributed by atoms with van der Waals surface area (Å²) in [5, 5.41) is 3.89. The van der Waals surface area contributed by atoms with Crippen LogP contribution in [0.3, 0.4) is 0 Å². The summed E-state index contributed by atoms with van der Waals surface area (Å²) in [6.45, 7) is 4.42. The predicted octanol–water partition coefficient (Wildman–Crippen LogP) is 5.80. The summed E-state index contributed by atoms with van der Waals surface area (Å²) >= 11 is 1.61. The van der Waals surface area contributed by atoms with Crippen molar-refractivity contribution in [2.24, 2.45) is 0 Å². The van der Waals surface area contributed by atoms with Gasteiger partial charge in [0.2, 0.25) is 0 Å². The van der Waals surface area contributed by atoms with Gasteiger partial charge in [-0.15, -0.1) is 11.8 Å². The third kappa shape index (κ3) is 7.10. The molecule has 10 heteroatoms. The number of benzene rings is 2. The van der Waals surface area contributed by atoms with Crippen molar-refractivity contribution in [3.05, 3.63) is 48.2 Å². The van der Waals surface area contributed by atoms with Gasteiger partial charge in [-0.1, -0.05) is 18.9 Å². The molecule has 0 radical (unpaired) electrons. The van der Waals surface area contributed by atoms with Crippen LogP contribution < -0.4 is 20.9 Å². The molecule has 0 atom stereocenters. The third-order valence-corrected chi connectivity index (χ3v) is 7.45. The normalized spacial score (nSPS) is 14.8. The van der Waals surface area contributed by atoms with Crippen LogP contribution >= 0.6 is 11.8 Å². The average Bonchev–Trinajstić information content (AvgIpc) is 3.26. The molecule has 38 heavy (non-hydrogen) atoms. The number of alkyl halides is 3. The average molecular weight is 546 g/mol. The fourth-order valence-electron chi connectivity index (χ4n) is 4.64. The van der Waals surface area contributed by atoms with E-state index < -0.39 is 12.7 Å². The van der Waals surface area contributed by atoms with Gasteiger partial charge in [-0.3, -0.25) is 0 Å². The Morgan fingerprint density at radius 3 is 2.58 bits per heavy atom. The van der Waals surface area contributed by atoms with Crippen LogP contribution in [0.25, 0.3) is 10.9 Å². The van der Waals surface area contributed by atoms with Crippen LogP contribution in [-0.4, -0.2) is 61.2 Å². The molecule has 3 N–H and O–H groups in total. The first-order chi connectivity index (χ1) is 18.3. The Morgan fingerprint density at radius 1 is 1.11 bits per heavy atom. The lowest BCUT2D eigenvalue weighted by Gasteiger charge is -2.31. The number of anilines is 2. The molecule has 1 aliphatic heterocycles. The summed E-state index contributed by atoms with van der Waals surface area (Å²) in [6, 6.07) is 13.2. The van der Waals surface area contributed by atoms with E-state index in [0.29, 0.717) is 28.4 Å². The highest BCUT2D eigenvalue weighted by Gasteiger charge is 2.30. The third-order valence-electron chi connectivity index (χ3n) is 6.72. The van der Waals surface area contributed by atoms with Gasteiger partial charge in [0, 0.05) is 16.3 Å². The molecule has 0 unspecified atom stereocenters. The Kier molecular flexibility index (Phi) is 9.36. The molecule has 0 aliphatic carbocycles. The SMILES string of the molecule is CCN1CCC(NNc2cccc3c2cc(C#CCNc2ccc(SC)cc2OC)n3CC(F)(F)F)CC1. The number of hydrazine groups is 1. The zero-order chi connectivity index (χ0) is 27.1. The van der Waals surface area contributed by atoms with Gasteiger partial charge in [-0.05, 0) is 81.1 Å². The number of hydrogen-bond acceptors (Lipinski definition) is 6. The van der Waals surface area contributed by atoms with Crippen molar-refractivity contribution in [1.29, 1.82) is 0 Å². The summed E-state index contributed by atoms with van der Waals surface area (Å²) in [4.78, 5) is 3.48. The molecule has 0 bridgehead atoms. The lowest BCUT2D eigenvalue weighted by atomic mass is 10.1. The van der Waals surface area contributed by atoms with Crippen LogP contribution in [-0.2, 0) is 6.54 Å². The Balaban J connectivity index is 1.53. The van der Waals surface area contributed by atoms with E-state index in [-0.39, 0.29) is 6.54 Å². The number of nitrogens with one attached hydrogen (secondary N) is 3. The second-order valence-electron chi connectivity index (χ2n) is 9.17. The lowest BCUT2D eigenvalue weighted by molar-refractivity contribution is -0.140. The number of aromatic nitrogens is 1. The van der Waals surface area contributed by atoms with Gasteiger partial charge in [0.1, 0.15) is 12.3 Å². The highest BCUT2D eigenvalue weighted by atomic mass is 32.2. The lowest BCUT2D eigenvalue weighted by Crippen LogP contribution is -2.44. The van der Waals surface area contributed by atoms with Crippen LogP contribution in [0.2, 0.25) is 0 Å². The molecule has 1 aromatic heterocycles. The van der Waals surface area contributed by atoms with Crippen molar-refractivity contribution >= 4 is 34.0 Å². The molecule has 0 saturated carbocycles. The van der Waals surface area contributed by atoms with Gasteiger partial charge < -0.3 is 24.9 Å². The van der Waals surface area contributed by atoms with Gasteiger partial charge >= 0.3 is 6.18 Å². The fraction of sp³-hybridized carbons (Fsp3) is 0.429. The Bertz CT molecular complexity index is 1290. The molecule has 1 fully saturated rings. The molecule has 3 aromatic rings. The maximum Gasteiger partial charge on any atom is 0.406 e. The molecule has 204 valence electrons. The largest absolute Gasteiger partial charge is 0.495 e. The van der Waals surface area contributed by atoms with Gasteiger partial charge in [0.05, 0.1) is 36.2 Å². The number of halogens is 3. The summed E-state index contributed by atoms with van der Waals surface area (Å²) < 4.78 is 47.2. The highest BCUT2D eigenvalue weighted by Crippen LogP contribution is 2.31. The number of methoxy groups -OCH3 is 1. The van der Waals surface area contributed by atoms with Gasteiger partial charge in [-0.25, -0.2) is 5.43 Å². The second-order valence-corrected chi connectivity index (χ2v) is 10.0. The van der Waals surface area contributed by atoms with Crippen molar-refractivity contribution in [2.75, 3.05) is 50.3 Å². The van der Waals surface area contributed by atoms with Crippen LogP contribution in [0.5, 0.6) is 5.75 Å². The monoisotopic (exact) mass is 545 g/mol. The molecule has 6 nitrogen and oxygen atoms in total. The number of likely N-dealkylation sites (tertiary alicyclic amines) is 1. The van der Waals surface area contributed by atoms with Gasteiger partial charge in [0.25, 0.3) is 0 Å². The van der Waals surface area contributed by atoms with E-state index in [1.54, 1.807) is 37.1 Å². The van der Waals surface area contributed by atoms with E-state index in [9.17, 15) is 13.2 Å². The van der Waals surface area contributed by atoms with E-state index in [1.807, 2.05) is 30.5 Å². The predicted molar refractivity (Wildman–Crippen MR) is 150 cm³/mol. The van der Waals surface area contributed by atoms with Crippen molar-refractivity contribution in [1.82, 2.24) is 14.9 Å². The molecular formula is C28H34F3N5OS. The van der Waals surface area contributed by atoms with Crippen molar-refractivity contribution < 1.29 is 17.9 Å². The minimum Gasteiger partial charge on any atom is -0.495 e. The van der Waals surface area contributed by atoms with E-state index in [0.717, 1.165) is 48.7 Å². The minimum absolute atomic E-state index is 0.256. The van der Waals surface area contributed by atoms with Crippen LogP contribution in [0.15, 0.2) is 47.4 Å². The van der Waals surface area contributed by atoms with Crippen molar-refractivity contribution in [2.45, 2.75) is 43.4 Å². The molecule has 0 spiro atoms. The second kappa shape index (κ2) is 12.7. The first-order valence-electron chi connectivity index (χ1n) is 12.7. The van der Waals surface area contributed by atoms with Gasteiger partial charge in [-0.2, -0.15) is 13.2 Å². The Hall–Kier alpha value is -3.00. The molecule has 0 amide bonds. The number of fused-ring (bicyclic) bond motifs is 1. The molecule has 4 rings (SSSR count). The standard InChI is InChI=1S/C28H34F3N5OS/c1-4-35-15-12-20(13-16-35)33-34-24-8-5-9-26-23(24)17-21(36(26)19-28(29,30)31)7-6-14-32-25-11-10-22(38-3)18-27(25)37-2/h5,8-11,17-18,20,32-34H,4,12-16,19H2,1-3H3. The molecule has 1 aliphatic rings. The molecule has 1 saturated heterocycles. The zero-order valence-electron chi connectivity index (χ0n) is 21.9. The number of ether oxygens (including phenoxy) is 1. The highest BCUT2D eigenvalue weighted by molar-refractivity contribution is 7.98. The quantitative estimate of drug-likeness (QED) is 0.180. The van der Waals surface area contributed by atoms with Gasteiger partial charge in [0.15, 0.2) is 0 Å². The molecular weight excluding hydrogens is 511 g/mol. The van der Waals surface area contributed by atoms with Crippen molar-refractivity contribution in [3.8, 4) is 17.6 Å². The van der Waals surface area contributed by atoms with Crippen LogP contribution in [0.1, 0.15) is 25.5 Å². The Labute approximate surface area is 226 Å². The number of nitrogens with zero attached hydrogens (tertiary/aromatic N) is 2. The first kappa shape index (κ1) is 28.0. The maximum absolute atomic E-state index is 13.5. The van der Waals surface area contributed by atoms with E-state index >= 15 is 0 Å². The number of rotatable bonds is 9. The Morgan fingerprint density at radius 2 is 1.89 bits per heavy atom. The van der Waals surface area contributed by atoms with E-state index in [2.05, 4.69) is 39.8 Å². The molecule has 2 heterocycles. The summed E-state index contributed by atoms with van der Waals surface area (Å²) in [5.74, 6) is 6.62. The summed E-state index contributed by atoms with van der Waals surface area (Å²) in [5.41, 5.74) is 8.95. The molecule has 2 aromatic carbocycles.